The Morgan fingerprint density at radius 2 is 2.53 bits per heavy atom. The number of hydroxylamine groups is 1. The number of rotatable bonds is 4. The summed E-state index contributed by atoms with van der Waals surface area (Å²) >= 11 is 0. The molecule has 0 aliphatic rings. The quantitative estimate of drug-likeness (QED) is 0.438. The summed E-state index contributed by atoms with van der Waals surface area (Å²) in [6.07, 6.45) is 4.27. The Morgan fingerprint density at radius 3 is 3.07 bits per heavy atom. The van der Waals surface area contributed by atoms with Crippen molar-refractivity contribution < 1.29 is 14.7 Å². The molecule has 0 saturated heterocycles. The number of ether oxygens (including phenoxy) is 1. The molecule has 15 heavy (non-hydrogen) atoms. The van der Waals surface area contributed by atoms with Crippen LogP contribution in [0.15, 0.2) is 30.7 Å². The fraction of sp³-hybridized carbons (Fsp3) is 0.200. The third-order valence-electron chi connectivity index (χ3n) is 1.68. The van der Waals surface area contributed by atoms with Crippen LogP contribution in [-0.2, 0) is 9.53 Å². The predicted octanol–water partition coefficient (Wildman–Crippen LogP) is 0.964. The highest BCUT2D eigenvalue weighted by atomic mass is 16.5. The van der Waals surface area contributed by atoms with Gasteiger partial charge in [-0.15, -0.1) is 0 Å². The van der Waals surface area contributed by atoms with Gasteiger partial charge < -0.3 is 4.74 Å². The van der Waals surface area contributed by atoms with Crippen LogP contribution in [0.2, 0.25) is 0 Å². The number of nitrogens with one attached hydrogen (secondary N) is 1. The van der Waals surface area contributed by atoms with Crippen LogP contribution in [0.3, 0.4) is 0 Å². The SMILES string of the molecule is CCOC(=O)/C(=C\NO)c1cccnc1. The summed E-state index contributed by atoms with van der Waals surface area (Å²) in [7, 11) is 0. The van der Waals surface area contributed by atoms with Gasteiger partial charge in [0.25, 0.3) is 0 Å². The van der Waals surface area contributed by atoms with Crippen molar-refractivity contribution in [2.45, 2.75) is 6.92 Å². The number of aromatic nitrogens is 1. The molecule has 5 nitrogen and oxygen atoms in total. The maximum absolute atomic E-state index is 11.5. The third kappa shape index (κ3) is 3.07. The fourth-order valence-electron chi connectivity index (χ4n) is 1.06. The molecule has 0 unspecified atom stereocenters. The molecule has 0 spiro atoms. The van der Waals surface area contributed by atoms with Gasteiger partial charge in [-0.3, -0.25) is 15.7 Å². The van der Waals surface area contributed by atoms with Crippen LogP contribution in [0.1, 0.15) is 12.5 Å². The lowest BCUT2D eigenvalue weighted by Crippen LogP contribution is -2.10. The van der Waals surface area contributed by atoms with Gasteiger partial charge in [0.05, 0.1) is 12.2 Å². The second kappa shape index (κ2) is 5.77. The molecule has 2 N–H and O–H groups in total. The Balaban J connectivity index is 2.94. The molecule has 1 heterocycles. The van der Waals surface area contributed by atoms with Crippen molar-refractivity contribution in [3.05, 3.63) is 36.3 Å². The highest BCUT2D eigenvalue weighted by Crippen LogP contribution is 2.13. The van der Waals surface area contributed by atoms with Gasteiger partial charge in [0.15, 0.2) is 0 Å². The molecule has 0 aliphatic carbocycles. The molecule has 0 aliphatic heterocycles. The van der Waals surface area contributed by atoms with Crippen LogP contribution in [0.5, 0.6) is 0 Å². The van der Waals surface area contributed by atoms with E-state index in [1.54, 1.807) is 25.3 Å². The predicted molar refractivity (Wildman–Crippen MR) is 53.8 cm³/mol. The molecular weight excluding hydrogens is 196 g/mol. The second-order valence-electron chi connectivity index (χ2n) is 2.65. The lowest BCUT2D eigenvalue weighted by molar-refractivity contribution is -0.136. The fourth-order valence-corrected chi connectivity index (χ4v) is 1.06. The molecule has 0 radical (unpaired) electrons. The van der Waals surface area contributed by atoms with Crippen molar-refractivity contribution in [3.63, 3.8) is 0 Å². The third-order valence-corrected chi connectivity index (χ3v) is 1.68. The first-order valence-electron chi connectivity index (χ1n) is 4.47. The minimum absolute atomic E-state index is 0.229. The molecule has 5 heteroatoms. The molecule has 1 rings (SSSR count). The molecule has 80 valence electrons. The Kier molecular flexibility index (Phi) is 4.30. The molecule has 0 aromatic carbocycles. The second-order valence-corrected chi connectivity index (χ2v) is 2.65. The van der Waals surface area contributed by atoms with E-state index >= 15 is 0 Å². The molecule has 0 amide bonds. The van der Waals surface area contributed by atoms with Gasteiger partial charge >= 0.3 is 5.97 Å². The summed E-state index contributed by atoms with van der Waals surface area (Å²) < 4.78 is 4.82. The van der Waals surface area contributed by atoms with Crippen LogP contribution < -0.4 is 5.48 Å². The minimum atomic E-state index is -0.507. The van der Waals surface area contributed by atoms with E-state index in [9.17, 15) is 4.79 Å². The Hall–Kier alpha value is -1.88. The van der Waals surface area contributed by atoms with Gasteiger partial charge in [-0.25, -0.2) is 4.79 Å². The highest BCUT2D eigenvalue weighted by Gasteiger charge is 2.12. The number of esters is 1. The van der Waals surface area contributed by atoms with Crippen LogP contribution in [0.4, 0.5) is 0 Å². The summed E-state index contributed by atoms with van der Waals surface area (Å²) in [6, 6.07) is 3.40. The lowest BCUT2D eigenvalue weighted by atomic mass is 10.1. The van der Waals surface area contributed by atoms with Crippen molar-refractivity contribution in [3.8, 4) is 0 Å². The maximum atomic E-state index is 11.5. The highest BCUT2D eigenvalue weighted by molar-refractivity contribution is 6.16. The average molecular weight is 208 g/mol. The molecule has 0 bridgehead atoms. The summed E-state index contributed by atoms with van der Waals surface area (Å²) in [5.41, 5.74) is 2.63. The number of carbonyl (C=O) groups is 1. The normalized spacial score (nSPS) is 10.9. The zero-order valence-corrected chi connectivity index (χ0v) is 8.30. The van der Waals surface area contributed by atoms with E-state index in [0.29, 0.717) is 5.56 Å². The maximum Gasteiger partial charge on any atom is 0.340 e. The first kappa shape index (κ1) is 11.2. The van der Waals surface area contributed by atoms with Crippen molar-refractivity contribution >= 4 is 11.5 Å². The van der Waals surface area contributed by atoms with E-state index in [-0.39, 0.29) is 12.2 Å². The average Bonchev–Trinajstić information content (AvgIpc) is 2.27. The molecule has 1 aromatic heterocycles. The number of carbonyl (C=O) groups excluding carboxylic acids is 1. The Bertz CT molecular complexity index is 349. The van der Waals surface area contributed by atoms with E-state index in [1.165, 1.54) is 6.20 Å². The minimum Gasteiger partial charge on any atom is -0.462 e. The lowest BCUT2D eigenvalue weighted by Gasteiger charge is -2.05. The van der Waals surface area contributed by atoms with Gasteiger partial charge in [0.1, 0.15) is 0 Å². The van der Waals surface area contributed by atoms with Crippen LogP contribution in [-0.4, -0.2) is 22.8 Å². The Morgan fingerprint density at radius 1 is 1.73 bits per heavy atom. The summed E-state index contributed by atoms with van der Waals surface area (Å²) in [6.45, 7) is 1.99. The Labute approximate surface area is 87.4 Å². The zero-order valence-electron chi connectivity index (χ0n) is 8.30. The molecular formula is C10H12N2O3. The first-order chi connectivity index (χ1) is 7.29. The summed E-state index contributed by atoms with van der Waals surface area (Å²) in [5.74, 6) is -0.507. The number of hydrogen-bond donors (Lipinski definition) is 2. The van der Waals surface area contributed by atoms with Crippen molar-refractivity contribution in [1.29, 1.82) is 0 Å². The molecule has 0 saturated carbocycles. The number of hydrogen-bond acceptors (Lipinski definition) is 5. The van der Waals surface area contributed by atoms with Gasteiger partial charge in [-0.1, -0.05) is 6.07 Å². The van der Waals surface area contributed by atoms with Crippen LogP contribution in [0.25, 0.3) is 5.57 Å². The van der Waals surface area contributed by atoms with Crippen LogP contribution in [0, 0.1) is 0 Å². The van der Waals surface area contributed by atoms with E-state index in [1.807, 2.05) is 5.48 Å². The molecule has 1 aromatic rings. The molecule has 0 fully saturated rings. The van der Waals surface area contributed by atoms with E-state index in [2.05, 4.69) is 4.98 Å². The number of pyridine rings is 1. The van der Waals surface area contributed by atoms with Gasteiger partial charge in [0.2, 0.25) is 0 Å². The van der Waals surface area contributed by atoms with Crippen molar-refractivity contribution in [2.24, 2.45) is 0 Å². The van der Waals surface area contributed by atoms with E-state index in [4.69, 9.17) is 9.94 Å². The topological polar surface area (TPSA) is 71.5 Å². The van der Waals surface area contributed by atoms with Crippen molar-refractivity contribution in [2.75, 3.05) is 6.61 Å². The molecule has 0 atom stereocenters. The first-order valence-corrected chi connectivity index (χ1v) is 4.47. The van der Waals surface area contributed by atoms with E-state index in [0.717, 1.165) is 6.20 Å². The van der Waals surface area contributed by atoms with Crippen LogP contribution >= 0.6 is 0 Å². The van der Waals surface area contributed by atoms with Gasteiger partial charge in [0, 0.05) is 24.2 Å². The van der Waals surface area contributed by atoms with E-state index < -0.39 is 5.97 Å². The van der Waals surface area contributed by atoms with Gasteiger partial charge in [-0.2, -0.15) is 0 Å². The standard InChI is InChI=1S/C10H12N2O3/c1-2-15-10(13)9(7-12-14)8-4-3-5-11-6-8/h3-7,12,14H,2H2,1H3/b9-7-. The monoisotopic (exact) mass is 208 g/mol. The summed E-state index contributed by atoms with van der Waals surface area (Å²) in [4.78, 5) is 15.3. The smallest absolute Gasteiger partial charge is 0.340 e. The summed E-state index contributed by atoms with van der Waals surface area (Å²) in [5, 5.41) is 8.56. The largest absolute Gasteiger partial charge is 0.462 e. The van der Waals surface area contributed by atoms with Gasteiger partial charge in [-0.05, 0) is 13.0 Å². The number of nitrogens with zero attached hydrogens (tertiary/aromatic N) is 1. The van der Waals surface area contributed by atoms with Crippen molar-refractivity contribution in [1.82, 2.24) is 10.5 Å². The zero-order chi connectivity index (χ0) is 11.1.